The molecule has 16 heavy (non-hydrogen) atoms. The van der Waals surface area contributed by atoms with Crippen LogP contribution in [0.25, 0.3) is 11.3 Å². The lowest BCUT2D eigenvalue weighted by molar-refractivity contribution is 0.508. The van der Waals surface area contributed by atoms with Gasteiger partial charge >= 0.3 is 0 Å². The van der Waals surface area contributed by atoms with Crippen LogP contribution in [-0.2, 0) is 6.42 Å². The average molecular weight is 237 g/mol. The van der Waals surface area contributed by atoms with E-state index in [9.17, 15) is 0 Å². The lowest BCUT2D eigenvalue weighted by Crippen LogP contribution is -2.02. The molecule has 2 aromatic rings. The first-order valence-corrected chi connectivity index (χ1v) is 5.51. The van der Waals surface area contributed by atoms with Gasteiger partial charge < -0.3 is 10.2 Å². The summed E-state index contributed by atoms with van der Waals surface area (Å²) in [6.45, 7) is 2.47. The topological polar surface area (TPSA) is 52.0 Å². The van der Waals surface area contributed by atoms with E-state index in [0.717, 1.165) is 17.0 Å². The van der Waals surface area contributed by atoms with E-state index in [2.05, 4.69) is 4.98 Å². The van der Waals surface area contributed by atoms with Crippen molar-refractivity contribution in [2.24, 2.45) is 5.73 Å². The molecule has 84 valence electrons. The van der Waals surface area contributed by atoms with Crippen molar-refractivity contribution in [2.45, 2.75) is 13.3 Å². The van der Waals surface area contributed by atoms with Crippen molar-refractivity contribution < 1.29 is 4.42 Å². The Morgan fingerprint density at radius 3 is 2.62 bits per heavy atom. The van der Waals surface area contributed by atoms with Gasteiger partial charge in [-0.25, -0.2) is 4.98 Å². The molecule has 1 heterocycles. The third-order valence-corrected chi connectivity index (χ3v) is 2.56. The van der Waals surface area contributed by atoms with Crippen LogP contribution in [0.3, 0.4) is 0 Å². The normalized spacial score (nSPS) is 10.7. The predicted octanol–water partition coefficient (Wildman–Crippen LogP) is 2.80. The van der Waals surface area contributed by atoms with Crippen LogP contribution in [0.1, 0.15) is 11.6 Å². The van der Waals surface area contributed by atoms with Crippen molar-refractivity contribution in [3.63, 3.8) is 0 Å². The first-order valence-electron chi connectivity index (χ1n) is 5.13. The van der Waals surface area contributed by atoms with Gasteiger partial charge in [0, 0.05) is 23.6 Å². The molecular weight excluding hydrogens is 224 g/mol. The summed E-state index contributed by atoms with van der Waals surface area (Å²) in [4.78, 5) is 4.32. The van der Waals surface area contributed by atoms with Crippen molar-refractivity contribution in [2.75, 3.05) is 6.54 Å². The molecule has 0 unspecified atom stereocenters. The average Bonchev–Trinajstić information content (AvgIpc) is 2.61. The number of halogens is 1. The SMILES string of the molecule is Cc1nc(CCN)oc1-c1ccc(Cl)cc1. The monoisotopic (exact) mass is 236 g/mol. The molecule has 0 amide bonds. The highest BCUT2D eigenvalue weighted by Gasteiger charge is 2.10. The van der Waals surface area contributed by atoms with Crippen molar-refractivity contribution in [1.29, 1.82) is 0 Å². The van der Waals surface area contributed by atoms with E-state index in [0.29, 0.717) is 23.9 Å². The molecule has 0 atom stereocenters. The van der Waals surface area contributed by atoms with Crippen LogP contribution in [-0.4, -0.2) is 11.5 Å². The molecule has 0 radical (unpaired) electrons. The van der Waals surface area contributed by atoms with Crippen molar-refractivity contribution >= 4 is 11.6 Å². The Bertz CT molecular complexity index is 476. The Morgan fingerprint density at radius 2 is 2.00 bits per heavy atom. The van der Waals surface area contributed by atoms with Gasteiger partial charge in [0.05, 0.1) is 5.69 Å². The van der Waals surface area contributed by atoms with E-state index >= 15 is 0 Å². The molecule has 0 saturated carbocycles. The standard InChI is InChI=1S/C12H13ClN2O/c1-8-12(16-11(15-8)6-7-14)9-2-4-10(13)5-3-9/h2-5H,6-7,14H2,1H3. The van der Waals surface area contributed by atoms with E-state index in [1.807, 2.05) is 31.2 Å². The molecule has 0 aliphatic carbocycles. The van der Waals surface area contributed by atoms with E-state index in [-0.39, 0.29) is 0 Å². The lowest BCUT2D eigenvalue weighted by Gasteiger charge is -1.97. The van der Waals surface area contributed by atoms with Crippen molar-refractivity contribution in [3.8, 4) is 11.3 Å². The fourth-order valence-electron chi connectivity index (χ4n) is 1.55. The summed E-state index contributed by atoms with van der Waals surface area (Å²) in [6.07, 6.45) is 0.661. The highest BCUT2D eigenvalue weighted by Crippen LogP contribution is 2.25. The van der Waals surface area contributed by atoms with Crippen LogP contribution in [0.4, 0.5) is 0 Å². The molecule has 0 aliphatic heterocycles. The van der Waals surface area contributed by atoms with E-state index in [1.165, 1.54) is 0 Å². The molecule has 0 spiro atoms. The third kappa shape index (κ3) is 2.26. The lowest BCUT2D eigenvalue weighted by atomic mass is 10.1. The summed E-state index contributed by atoms with van der Waals surface area (Å²) >= 11 is 5.83. The fourth-order valence-corrected chi connectivity index (χ4v) is 1.68. The minimum absolute atomic E-state index is 0.542. The van der Waals surface area contributed by atoms with Crippen LogP contribution < -0.4 is 5.73 Å². The minimum atomic E-state index is 0.542. The van der Waals surface area contributed by atoms with Crippen LogP contribution >= 0.6 is 11.6 Å². The summed E-state index contributed by atoms with van der Waals surface area (Å²) in [7, 11) is 0. The van der Waals surface area contributed by atoms with E-state index in [4.69, 9.17) is 21.8 Å². The number of rotatable bonds is 3. The molecular formula is C12H13ClN2O. The zero-order valence-electron chi connectivity index (χ0n) is 9.03. The van der Waals surface area contributed by atoms with Gasteiger partial charge in [-0.1, -0.05) is 11.6 Å². The largest absolute Gasteiger partial charge is 0.440 e. The maximum atomic E-state index is 5.83. The molecule has 0 fully saturated rings. The van der Waals surface area contributed by atoms with Crippen molar-refractivity contribution in [1.82, 2.24) is 4.98 Å². The summed E-state index contributed by atoms with van der Waals surface area (Å²) in [5.41, 5.74) is 7.33. The Hall–Kier alpha value is -1.32. The van der Waals surface area contributed by atoms with E-state index in [1.54, 1.807) is 0 Å². The van der Waals surface area contributed by atoms with Gasteiger partial charge in [-0.15, -0.1) is 0 Å². The third-order valence-electron chi connectivity index (χ3n) is 2.31. The van der Waals surface area contributed by atoms with Gasteiger partial charge in [-0.2, -0.15) is 0 Å². The van der Waals surface area contributed by atoms with Crippen LogP contribution in [0, 0.1) is 6.92 Å². The first-order chi connectivity index (χ1) is 7.70. The van der Waals surface area contributed by atoms with Crippen LogP contribution in [0.2, 0.25) is 5.02 Å². The minimum Gasteiger partial charge on any atom is -0.440 e. The van der Waals surface area contributed by atoms with Gasteiger partial charge in [0.2, 0.25) is 0 Å². The van der Waals surface area contributed by atoms with Gasteiger partial charge in [0.25, 0.3) is 0 Å². The quantitative estimate of drug-likeness (QED) is 0.892. The molecule has 3 nitrogen and oxygen atoms in total. The summed E-state index contributed by atoms with van der Waals surface area (Å²) < 4.78 is 5.65. The fraction of sp³-hybridized carbons (Fsp3) is 0.250. The van der Waals surface area contributed by atoms with Gasteiger partial charge in [0.15, 0.2) is 11.7 Å². The van der Waals surface area contributed by atoms with Gasteiger partial charge in [-0.05, 0) is 31.2 Å². The Labute approximate surface area is 99.2 Å². The van der Waals surface area contributed by atoms with E-state index < -0.39 is 0 Å². The molecule has 0 aliphatic rings. The number of aromatic nitrogens is 1. The second-order valence-corrected chi connectivity index (χ2v) is 4.00. The summed E-state index contributed by atoms with van der Waals surface area (Å²) in [5.74, 6) is 1.48. The molecule has 2 rings (SSSR count). The predicted molar refractivity (Wildman–Crippen MR) is 64.4 cm³/mol. The maximum Gasteiger partial charge on any atom is 0.196 e. The Morgan fingerprint density at radius 1 is 1.31 bits per heavy atom. The second-order valence-electron chi connectivity index (χ2n) is 3.57. The first kappa shape index (κ1) is 11.2. The second kappa shape index (κ2) is 4.68. The Balaban J connectivity index is 2.36. The van der Waals surface area contributed by atoms with Crippen LogP contribution in [0.5, 0.6) is 0 Å². The van der Waals surface area contributed by atoms with Crippen molar-refractivity contribution in [3.05, 3.63) is 40.9 Å². The molecule has 1 aromatic heterocycles. The zero-order valence-corrected chi connectivity index (χ0v) is 9.79. The molecule has 0 bridgehead atoms. The van der Waals surface area contributed by atoms with Crippen LogP contribution in [0.15, 0.2) is 28.7 Å². The number of nitrogens with zero attached hydrogens (tertiary/aromatic N) is 1. The molecule has 2 N–H and O–H groups in total. The smallest absolute Gasteiger partial charge is 0.196 e. The molecule has 0 saturated heterocycles. The number of benzene rings is 1. The molecule has 1 aromatic carbocycles. The van der Waals surface area contributed by atoms with Gasteiger partial charge in [0.1, 0.15) is 0 Å². The maximum absolute atomic E-state index is 5.83. The number of hydrogen-bond acceptors (Lipinski definition) is 3. The number of nitrogens with two attached hydrogens (primary N) is 1. The zero-order chi connectivity index (χ0) is 11.5. The summed E-state index contributed by atoms with van der Waals surface area (Å²) in [5, 5.41) is 0.711. The number of hydrogen-bond donors (Lipinski definition) is 1. The number of aryl methyl sites for hydroxylation is 1. The highest BCUT2D eigenvalue weighted by molar-refractivity contribution is 6.30. The highest BCUT2D eigenvalue weighted by atomic mass is 35.5. The van der Waals surface area contributed by atoms with Gasteiger partial charge in [-0.3, -0.25) is 0 Å². The molecule has 4 heteroatoms. The number of oxazole rings is 1. The Kier molecular flexibility index (Phi) is 3.27. The summed E-state index contributed by atoms with van der Waals surface area (Å²) in [6, 6.07) is 7.51.